The summed E-state index contributed by atoms with van der Waals surface area (Å²) < 4.78 is 6.80. The second-order valence-electron chi connectivity index (χ2n) is 2.78. The van der Waals surface area contributed by atoms with E-state index in [-0.39, 0.29) is 0 Å². The van der Waals surface area contributed by atoms with Crippen LogP contribution >= 0.6 is 0 Å². The lowest BCUT2D eigenvalue weighted by Crippen LogP contribution is -1.93. The Bertz CT molecular complexity index is 360. The van der Waals surface area contributed by atoms with Crippen molar-refractivity contribution in [3.63, 3.8) is 0 Å². The molecule has 2 aromatic heterocycles. The predicted molar refractivity (Wildman–Crippen MR) is 39.3 cm³/mol. The van der Waals surface area contributed by atoms with E-state index >= 15 is 0 Å². The molecule has 0 N–H and O–H groups in total. The zero-order valence-corrected chi connectivity index (χ0v) is 6.48. The molecule has 0 aliphatic carbocycles. The molecule has 0 aliphatic rings. The van der Waals surface area contributed by atoms with Crippen LogP contribution in [0, 0.1) is 0 Å². The molecule has 0 unspecified atom stereocenters. The number of hydrogen-bond donors (Lipinski definition) is 0. The summed E-state index contributed by atoms with van der Waals surface area (Å²) in [5.41, 5.74) is 0. The van der Waals surface area contributed by atoms with E-state index in [0.717, 1.165) is 5.82 Å². The van der Waals surface area contributed by atoms with E-state index in [4.69, 9.17) is 4.52 Å². The third-order valence-corrected chi connectivity index (χ3v) is 1.59. The molecular weight excluding hydrogens is 142 g/mol. The van der Waals surface area contributed by atoms with Crippen LogP contribution < -0.4 is 0 Å². The highest BCUT2D eigenvalue weighted by Gasteiger charge is 2.09. The van der Waals surface area contributed by atoms with Crippen molar-refractivity contribution in [2.45, 2.75) is 19.8 Å². The molecule has 0 bridgehead atoms. The van der Waals surface area contributed by atoms with Crippen LogP contribution in [-0.4, -0.2) is 14.5 Å². The highest BCUT2D eigenvalue weighted by atomic mass is 16.5. The molecule has 0 fully saturated rings. The van der Waals surface area contributed by atoms with E-state index in [1.165, 1.54) is 0 Å². The summed E-state index contributed by atoms with van der Waals surface area (Å²) in [7, 11) is 0. The summed E-state index contributed by atoms with van der Waals surface area (Å²) in [5.74, 6) is 1.84. The van der Waals surface area contributed by atoms with E-state index in [0.29, 0.717) is 11.8 Å². The molecule has 2 heterocycles. The van der Waals surface area contributed by atoms with Crippen LogP contribution in [0.15, 0.2) is 16.9 Å². The van der Waals surface area contributed by atoms with Gasteiger partial charge in [-0.15, -0.1) is 0 Å². The third-order valence-electron chi connectivity index (χ3n) is 1.59. The summed E-state index contributed by atoms with van der Waals surface area (Å²) in [4.78, 5) is 3.96. The lowest BCUT2D eigenvalue weighted by molar-refractivity contribution is 0.434. The first-order valence-corrected chi connectivity index (χ1v) is 3.57. The van der Waals surface area contributed by atoms with Crippen molar-refractivity contribution in [2.75, 3.05) is 0 Å². The number of fused-ring (bicyclic) bond motifs is 1. The second-order valence-corrected chi connectivity index (χ2v) is 2.78. The fourth-order valence-electron chi connectivity index (χ4n) is 1.05. The Hall–Kier alpha value is -1.32. The molecule has 0 saturated heterocycles. The van der Waals surface area contributed by atoms with Crippen molar-refractivity contribution in [3.8, 4) is 0 Å². The maximum Gasteiger partial charge on any atom is 0.331 e. The smallest absolute Gasteiger partial charge is 0.315 e. The summed E-state index contributed by atoms with van der Waals surface area (Å²) >= 11 is 0. The fourth-order valence-corrected chi connectivity index (χ4v) is 1.05. The highest BCUT2D eigenvalue weighted by molar-refractivity contribution is 5.23. The summed E-state index contributed by atoms with van der Waals surface area (Å²) in [5, 5.41) is 3.88. The van der Waals surface area contributed by atoms with Gasteiger partial charge in [0.2, 0.25) is 0 Å². The van der Waals surface area contributed by atoms with Crippen LogP contribution in [0.3, 0.4) is 0 Å². The number of nitrogens with zero attached hydrogens (tertiary/aromatic N) is 3. The molecule has 4 heteroatoms. The largest absolute Gasteiger partial charge is 0.331 e. The molecule has 2 aromatic rings. The van der Waals surface area contributed by atoms with E-state index in [1.54, 1.807) is 6.20 Å². The first kappa shape index (κ1) is 6.39. The Morgan fingerprint density at radius 1 is 1.55 bits per heavy atom. The minimum absolute atomic E-state index is 0.366. The zero-order chi connectivity index (χ0) is 7.84. The van der Waals surface area contributed by atoms with Gasteiger partial charge in [-0.2, -0.15) is 0 Å². The SMILES string of the molecule is CC(C)c1noc2nccn12. The van der Waals surface area contributed by atoms with Crippen LogP contribution in [0.1, 0.15) is 25.6 Å². The first-order chi connectivity index (χ1) is 5.29. The molecule has 4 nitrogen and oxygen atoms in total. The minimum atomic E-state index is 0.366. The van der Waals surface area contributed by atoms with E-state index < -0.39 is 0 Å². The molecule has 0 amide bonds. The fraction of sp³-hybridized carbons (Fsp3) is 0.429. The molecule has 0 aliphatic heterocycles. The van der Waals surface area contributed by atoms with E-state index in [9.17, 15) is 0 Å². The predicted octanol–water partition coefficient (Wildman–Crippen LogP) is 1.45. The monoisotopic (exact) mass is 151 g/mol. The number of aromatic nitrogens is 3. The molecular formula is C7H9N3O. The van der Waals surface area contributed by atoms with Crippen molar-refractivity contribution >= 4 is 5.84 Å². The van der Waals surface area contributed by atoms with Crippen LogP contribution in [-0.2, 0) is 0 Å². The number of hydrogen-bond acceptors (Lipinski definition) is 3. The van der Waals surface area contributed by atoms with Gasteiger partial charge in [0.05, 0.1) is 0 Å². The quantitative estimate of drug-likeness (QED) is 0.619. The van der Waals surface area contributed by atoms with E-state index in [2.05, 4.69) is 24.0 Å². The van der Waals surface area contributed by atoms with Crippen molar-refractivity contribution in [1.82, 2.24) is 14.5 Å². The Balaban J connectivity index is 2.68. The second kappa shape index (κ2) is 2.08. The van der Waals surface area contributed by atoms with Gasteiger partial charge in [0, 0.05) is 18.3 Å². The lowest BCUT2D eigenvalue weighted by atomic mass is 10.2. The Morgan fingerprint density at radius 3 is 3.09 bits per heavy atom. The minimum Gasteiger partial charge on any atom is -0.315 e. The molecule has 2 rings (SSSR count). The molecule has 0 saturated carbocycles. The topological polar surface area (TPSA) is 43.3 Å². The van der Waals surface area contributed by atoms with Crippen LogP contribution in [0.2, 0.25) is 0 Å². The molecule has 11 heavy (non-hydrogen) atoms. The van der Waals surface area contributed by atoms with Gasteiger partial charge in [-0.05, 0) is 0 Å². The average molecular weight is 151 g/mol. The Kier molecular flexibility index (Phi) is 1.21. The zero-order valence-electron chi connectivity index (χ0n) is 6.48. The van der Waals surface area contributed by atoms with E-state index in [1.807, 2.05) is 10.6 Å². The summed E-state index contributed by atoms with van der Waals surface area (Å²) in [6, 6.07) is 0. The standard InChI is InChI=1S/C7H9N3O/c1-5(2)6-9-11-7-8-3-4-10(6)7/h3-5H,1-2H3. The van der Waals surface area contributed by atoms with Crippen LogP contribution in [0.25, 0.3) is 5.84 Å². The van der Waals surface area contributed by atoms with Gasteiger partial charge in [-0.3, -0.25) is 4.40 Å². The van der Waals surface area contributed by atoms with Gasteiger partial charge in [0.15, 0.2) is 5.82 Å². The van der Waals surface area contributed by atoms with Gasteiger partial charge in [0.1, 0.15) is 0 Å². The first-order valence-electron chi connectivity index (χ1n) is 3.57. The molecule has 58 valence electrons. The molecule has 0 aromatic carbocycles. The Labute approximate surface area is 63.8 Å². The number of imidazole rings is 1. The number of rotatable bonds is 1. The lowest BCUT2D eigenvalue weighted by Gasteiger charge is -1.96. The third kappa shape index (κ3) is 0.824. The highest BCUT2D eigenvalue weighted by Crippen LogP contribution is 2.13. The van der Waals surface area contributed by atoms with Crippen LogP contribution in [0.5, 0.6) is 0 Å². The van der Waals surface area contributed by atoms with Gasteiger partial charge < -0.3 is 4.52 Å². The van der Waals surface area contributed by atoms with Crippen molar-refractivity contribution in [3.05, 3.63) is 18.2 Å². The maximum absolute atomic E-state index is 4.95. The molecule has 0 atom stereocenters. The van der Waals surface area contributed by atoms with Gasteiger partial charge >= 0.3 is 5.84 Å². The van der Waals surface area contributed by atoms with Gasteiger partial charge in [-0.1, -0.05) is 19.0 Å². The normalized spacial score (nSPS) is 11.5. The summed E-state index contributed by atoms with van der Waals surface area (Å²) in [6.45, 7) is 4.13. The summed E-state index contributed by atoms with van der Waals surface area (Å²) in [6.07, 6.45) is 3.55. The van der Waals surface area contributed by atoms with Crippen molar-refractivity contribution < 1.29 is 4.52 Å². The molecule has 0 radical (unpaired) electrons. The Morgan fingerprint density at radius 2 is 2.36 bits per heavy atom. The van der Waals surface area contributed by atoms with Crippen LogP contribution in [0.4, 0.5) is 0 Å². The molecule has 0 spiro atoms. The van der Waals surface area contributed by atoms with Gasteiger partial charge in [-0.25, -0.2) is 4.98 Å². The van der Waals surface area contributed by atoms with Gasteiger partial charge in [0.25, 0.3) is 0 Å². The van der Waals surface area contributed by atoms with Crippen molar-refractivity contribution in [1.29, 1.82) is 0 Å². The average Bonchev–Trinajstić information content (AvgIpc) is 2.41. The van der Waals surface area contributed by atoms with Crippen molar-refractivity contribution in [2.24, 2.45) is 0 Å². The maximum atomic E-state index is 4.95.